The van der Waals surface area contributed by atoms with E-state index in [1.807, 2.05) is 17.9 Å². The molecule has 1 atom stereocenters. The molecule has 16 heavy (non-hydrogen) atoms. The molecule has 1 aromatic rings. The molecule has 3 nitrogen and oxygen atoms in total. The number of aromatic nitrogens is 2. The highest BCUT2D eigenvalue weighted by Crippen LogP contribution is 2.27. The fourth-order valence-electron chi connectivity index (χ4n) is 1.83. The molecular formula is C13H25N3. The number of rotatable bonds is 5. The van der Waals surface area contributed by atoms with E-state index in [0.717, 1.165) is 6.54 Å². The minimum Gasteiger partial charge on any atom is -0.310 e. The van der Waals surface area contributed by atoms with Gasteiger partial charge in [-0.25, -0.2) is 0 Å². The van der Waals surface area contributed by atoms with Crippen molar-refractivity contribution < 1.29 is 0 Å². The van der Waals surface area contributed by atoms with Crippen LogP contribution in [0.3, 0.4) is 0 Å². The molecule has 1 unspecified atom stereocenters. The van der Waals surface area contributed by atoms with Gasteiger partial charge in [-0.2, -0.15) is 5.10 Å². The third-order valence-corrected chi connectivity index (χ3v) is 2.76. The largest absolute Gasteiger partial charge is 0.310 e. The lowest BCUT2D eigenvalue weighted by Gasteiger charge is -2.23. The van der Waals surface area contributed by atoms with Crippen LogP contribution in [0.1, 0.15) is 52.1 Å². The fraction of sp³-hybridized carbons (Fsp3) is 0.769. The molecule has 1 rings (SSSR count). The first-order valence-corrected chi connectivity index (χ1v) is 6.14. The first-order chi connectivity index (χ1) is 7.42. The van der Waals surface area contributed by atoms with Gasteiger partial charge in [-0.3, -0.25) is 4.68 Å². The van der Waals surface area contributed by atoms with Crippen molar-refractivity contribution in [3.05, 3.63) is 18.0 Å². The maximum absolute atomic E-state index is 4.24. The fourth-order valence-corrected chi connectivity index (χ4v) is 1.83. The summed E-state index contributed by atoms with van der Waals surface area (Å²) >= 11 is 0. The molecular weight excluding hydrogens is 198 g/mol. The van der Waals surface area contributed by atoms with Crippen LogP contribution in [0, 0.1) is 5.41 Å². The normalized spacial score (nSPS) is 14.1. The van der Waals surface area contributed by atoms with Crippen LogP contribution < -0.4 is 5.32 Å². The summed E-state index contributed by atoms with van der Waals surface area (Å²) < 4.78 is 1.87. The zero-order valence-electron chi connectivity index (χ0n) is 11.2. The Morgan fingerprint density at radius 3 is 2.56 bits per heavy atom. The molecule has 0 spiro atoms. The van der Waals surface area contributed by atoms with Crippen molar-refractivity contribution in [2.45, 2.75) is 46.6 Å². The van der Waals surface area contributed by atoms with E-state index >= 15 is 0 Å². The van der Waals surface area contributed by atoms with E-state index in [1.54, 1.807) is 0 Å². The van der Waals surface area contributed by atoms with Gasteiger partial charge in [0, 0.05) is 24.8 Å². The monoisotopic (exact) mass is 223 g/mol. The molecule has 0 aliphatic carbocycles. The topological polar surface area (TPSA) is 29.9 Å². The molecule has 0 aliphatic rings. The summed E-state index contributed by atoms with van der Waals surface area (Å²) in [4.78, 5) is 0. The van der Waals surface area contributed by atoms with Crippen LogP contribution in [0.5, 0.6) is 0 Å². The maximum atomic E-state index is 4.24. The van der Waals surface area contributed by atoms with E-state index in [9.17, 15) is 0 Å². The SMILES string of the molecule is CCNC(CCC(C)(C)C)c1cnn(C)c1. The van der Waals surface area contributed by atoms with Crippen LogP contribution >= 0.6 is 0 Å². The Balaban J connectivity index is 2.61. The second-order valence-corrected chi connectivity index (χ2v) is 5.66. The Hall–Kier alpha value is -0.830. The van der Waals surface area contributed by atoms with Crippen LogP contribution in [0.25, 0.3) is 0 Å². The predicted molar refractivity (Wildman–Crippen MR) is 68.3 cm³/mol. The first-order valence-electron chi connectivity index (χ1n) is 6.14. The Kier molecular flexibility index (Phi) is 4.54. The summed E-state index contributed by atoms with van der Waals surface area (Å²) in [6, 6.07) is 0.443. The van der Waals surface area contributed by atoms with Gasteiger partial charge in [-0.1, -0.05) is 27.7 Å². The van der Waals surface area contributed by atoms with Gasteiger partial charge in [0.2, 0.25) is 0 Å². The van der Waals surface area contributed by atoms with Crippen LogP contribution in [0.15, 0.2) is 12.4 Å². The molecule has 3 heteroatoms. The van der Waals surface area contributed by atoms with E-state index in [-0.39, 0.29) is 0 Å². The maximum Gasteiger partial charge on any atom is 0.0537 e. The standard InChI is InChI=1S/C13H25N3/c1-6-14-12(7-8-13(2,3)4)11-9-15-16(5)10-11/h9-10,12,14H,6-8H2,1-5H3. The minimum absolute atomic E-state index is 0.399. The lowest BCUT2D eigenvalue weighted by molar-refractivity contribution is 0.334. The molecule has 0 aliphatic heterocycles. The lowest BCUT2D eigenvalue weighted by atomic mass is 9.87. The van der Waals surface area contributed by atoms with Crippen molar-refractivity contribution in [1.82, 2.24) is 15.1 Å². The van der Waals surface area contributed by atoms with E-state index in [0.29, 0.717) is 11.5 Å². The van der Waals surface area contributed by atoms with Gasteiger partial charge in [0.1, 0.15) is 0 Å². The second-order valence-electron chi connectivity index (χ2n) is 5.66. The van der Waals surface area contributed by atoms with Gasteiger partial charge in [-0.15, -0.1) is 0 Å². The highest BCUT2D eigenvalue weighted by molar-refractivity contribution is 5.10. The van der Waals surface area contributed by atoms with Gasteiger partial charge in [-0.05, 0) is 24.8 Å². The van der Waals surface area contributed by atoms with Gasteiger partial charge in [0.25, 0.3) is 0 Å². The van der Waals surface area contributed by atoms with E-state index in [2.05, 4.69) is 44.3 Å². The van der Waals surface area contributed by atoms with Gasteiger partial charge >= 0.3 is 0 Å². The smallest absolute Gasteiger partial charge is 0.0537 e. The number of nitrogens with zero attached hydrogens (tertiary/aromatic N) is 2. The summed E-state index contributed by atoms with van der Waals surface area (Å²) in [6.45, 7) is 10.0. The van der Waals surface area contributed by atoms with Crippen molar-refractivity contribution in [2.24, 2.45) is 12.5 Å². The quantitative estimate of drug-likeness (QED) is 0.832. The molecule has 1 heterocycles. The Morgan fingerprint density at radius 2 is 2.12 bits per heavy atom. The average Bonchev–Trinajstić information content (AvgIpc) is 2.57. The highest BCUT2D eigenvalue weighted by Gasteiger charge is 2.17. The first kappa shape index (κ1) is 13.2. The van der Waals surface area contributed by atoms with Crippen molar-refractivity contribution in [3.8, 4) is 0 Å². The van der Waals surface area contributed by atoms with E-state index in [1.165, 1.54) is 18.4 Å². The molecule has 0 saturated heterocycles. The number of hydrogen-bond acceptors (Lipinski definition) is 2. The van der Waals surface area contributed by atoms with E-state index < -0.39 is 0 Å². The molecule has 92 valence electrons. The van der Waals surface area contributed by atoms with E-state index in [4.69, 9.17) is 0 Å². The summed E-state index contributed by atoms with van der Waals surface area (Å²) in [6.07, 6.45) is 6.47. The van der Waals surface area contributed by atoms with Crippen molar-refractivity contribution in [1.29, 1.82) is 0 Å². The number of hydrogen-bond donors (Lipinski definition) is 1. The summed E-state index contributed by atoms with van der Waals surface area (Å²) in [5, 5.41) is 7.77. The highest BCUT2D eigenvalue weighted by atomic mass is 15.2. The van der Waals surface area contributed by atoms with Gasteiger partial charge in [0.05, 0.1) is 6.20 Å². The summed E-state index contributed by atoms with van der Waals surface area (Å²) in [7, 11) is 1.97. The van der Waals surface area contributed by atoms with Crippen molar-refractivity contribution >= 4 is 0 Å². The Bertz CT molecular complexity index is 309. The molecule has 1 aromatic heterocycles. The Labute approximate surface area is 99.2 Å². The molecule has 0 saturated carbocycles. The Morgan fingerprint density at radius 1 is 1.44 bits per heavy atom. The van der Waals surface area contributed by atoms with Crippen molar-refractivity contribution in [2.75, 3.05) is 6.54 Å². The van der Waals surface area contributed by atoms with Crippen LogP contribution in [-0.4, -0.2) is 16.3 Å². The van der Waals surface area contributed by atoms with Crippen LogP contribution in [-0.2, 0) is 7.05 Å². The third-order valence-electron chi connectivity index (χ3n) is 2.76. The van der Waals surface area contributed by atoms with Gasteiger partial charge < -0.3 is 5.32 Å². The lowest BCUT2D eigenvalue weighted by Crippen LogP contribution is -2.22. The molecule has 0 aromatic carbocycles. The van der Waals surface area contributed by atoms with Crippen molar-refractivity contribution in [3.63, 3.8) is 0 Å². The summed E-state index contributed by atoms with van der Waals surface area (Å²) in [5.74, 6) is 0. The molecule has 0 fully saturated rings. The molecule has 1 N–H and O–H groups in total. The van der Waals surface area contributed by atoms with Crippen LogP contribution in [0.4, 0.5) is 0 Å². The zero-order chi connectivity index (χ0) is 12.2. The summed E-state index contributed by atoms with van der Waals surface area (Å²) in [5.41, 5.74) is 1.70. The molecule has 0 amide bonds. The third kappa shape index (κ3) is 4.35. The molecule has 0 radical (unpaired) electrons. The number of aryl methyl sites for hydroxylation is 1. The predicted octanol–water partition coefficient (Wildman–Crippen LogP) is 2.90. The number of nitrogens with one attached hydrogen (secondary N) is 1. The zero-order valence-corrected chi connectivity index (χ0v) is 11.2. The van der Waals surface area contributed by atoms with Gasteiger partial charge in [0.15, 0.2) is 0 Å². The second kappa shape index (κ2) is 5.48. The van der Waals surface area contributed by atoms with Crippen LogP contribution in [0.2, 0.25) is 0 Å². The molecule has 0 bridgehead atoms. The minimum atomic E-state index is 0.399. The average molecular weight is 223 g/mol.